The Bertz CT molecular complexity index is 833. The van der Waals surface area contributed by atoms with Gasteiger partial charge in [0.15, 0.2) is 5.82 Å². The van der Waals surface area contributed by atoms with Gasteiger partial charge >= 0.3 is 0 Å². The van der Waals surface area contributed by atoms with Crippen LogP contribution >= 0.6 is 0 Å². The smallest absolute Gasteiger partial charge is 0.254 e. The molecule has 6 nitrogen and oxygen atoms in total. The summed E-state index contributed by atoms with van der Waals surface area (Å²) in [6, 6.07) is 11.9. The highest BCUT2D eigenvalue weighted by atomic mass is 16.2. The molecule has 1 fully saturated rings. The van der Waals surface area contributed by atoms with Crippen LogP contribution in [0.5, 0.6) is 0 Å². The quantitative estimate of drug-likeness (QED) is 0.777. The van der Waals surface area contributed by atoms with Crippen molar-refractivity contribution < 1.29 is 4.79 Å². The number of carbonyl (C=O) groups is 1. The number of fused-ring (bicyclic) bond motifs is 4. The predicted octanol–water partition coefficient (Wildman–Crippen LogP) is 4.26. The number of amides is 1. The van der Waals surface area contributed by atoms with E-state index < -0.39 is 0 Å². The Labute approximate surface area is 153 Å². The predicted molar refractivity (Wildman–Crippen MR) is 98.4 cm³/mol. The monoisotopic (exact) mass is 349 g/mol. The molecular formula is C20H23N5O. The molecule has 1 aromatic heterocycles. The van der Waals surface area contributed by atoms with Gasteiger partial charge in [-0.05, 0) is 51.3 Å². The second-order valence-electron chi connectivity index (χ2n) is 7.30. The molecule has 2 unspecified atom stereocenters. The van der Waals surface area contributed by atoms with Gasteiger partial charge in [-0.3, -0.25) is 4.79 Å². The van der Waals surface area contributed by atoms with E-state index in [0.717, 1.165) is 42.5 Å². The van der Waals surface area contributed by atoms with E-state index in [9.17, 15) is 4.79 Å². The summed E-state index contributed by atoms with van der Waals surface area (Å²) in [6.07, 6.45) is 3.86. The lowest BCUT2D eigenvalue weighted by atomic mass is 9.82. The van der Waals surface area contributed by atoms with Crippen LogP contribution in [0.25, 0.3) is 0 Å². The zero-order valence-electron chi connectivity index (χ0n) is 15.2. The van der Waals surface area contributed by atoms with Crippen molar-refractivity contribution in [2.45, 2.75) is 57.7 Å². The summed E-state index contributed by atoms with van der Waals surface area (Å²) in [5, 5.41) is 17.0. The van der Waals surface area contributed by atoms with Gasteiger partial charge in [-0.25, -0.2) is 0 Å². The van der Waals surface area contributed by atoms with Crippen LogP contribution in [0.1, 0.15) is 60.8 Å². The number of benzene rings is 1. The fraction of sp³-hybridized carbons (Fsp3) is 0.450. The molecule has 3 heterocycles. The van der Waals surface area contributed by atoms with E-state index in [4.69, 9.17) is 0 Å². The minimum Gasteiger partial charge on any atom is -0.328 e. The van der Waals surface area contributed by atoms with Crippen molar-refractivity contribution in [1.29, 1.82) is 0 Å². The normalized spacial score (nSPS) is 21.9. The highest BCUT2D eigenvalue weighted by Crippen LogP contribution is 2.42. The Hall–Kier alpha value is -2.63. The van der Waals surface area contributed by atoms with Crippen molar-refractivity contribution >= 4 is 11.7 Å². The molecule has 2 aliphatic rings. The minimum absolute atomic E-state index is 0.0497. The standard InChI is InChI=1S/C20H23N5O/c1-13(2)21-23-19-12-16-17(22-24-19)11-15-9-6-10-18(16)25(15)20(26)14-7-4-3-5-8-14/h3-5,7-8,12-13,15,18H,6,9-11H2,1-2H3. The van der Waals surface area contributed by atoms with Crippen molar-refractivity contribution in [2.24, 2.45) is 10.2 Å². The third-order valence-corrected chi connectivity index (χ3v) is 5.07. The Morgan fingerprint density at radius 3 is 2.77 bits per heavy atom. The first-order valence-electron chi connectivity index (χ1n) is 9.28. The molecule has 2 bridgehead atoms. The molecule has 0 saturated carbocycles. The lowest BCUT2D eigenvalue weighted by molar-refractivity contribution is 0.0394. The molecule has 134 valence electrons. The van der Waals surface area contributed by atoms with Crippen molar-refractivity contribution in [3.05, 3.63) is 53.2 Å². The molecule has 6 heteroatoms. The number of nitrogens with zero attached hydrogens (tertiary/aromatic N) is 5. The van der Waals surface area contributed by atoms with E-state index in [1.54, 1.807) is 0 Å². The van der Waals surface area contributed by atoms with Gasteiger partial charge in [0.2, 0.25) is 0 Å². The van der Waals surface area contributed by atoms with Crippen molar-refractivity contribution in [1.82, 2.24) is 15.1 Å². The molecule has 2 aliphatic heterocycles. The van der Waals surface area contributed by atoms with Crippen molar-refractivity contribution in [2.75, 3.05) is 0 Å². The second-order valence-corrected chi connectivity index (χ2v) is 7.30. The molecule has 26 heavy (non-hydrogen) atoms. The van der Waals surface area contributed by atoms with E-state index in [0.29, 0.717) is 5.82 Å². The van der Waals surface area contributed by atoms with Gasteiger partial charge in [-0.1, -0.05) is 18.2 Å². The first-order chi connectivity index (χ1) is 12.6. The number of hydrogen-bond acceptors (Lipinski definition) is 5. The Balaban J connectivity index is 1.70. The lowest BCUT2D eigenvalue weighted by Crippen LogP contribution is -2.50. The summed E-state index contributed by atoms with van der Waals surface area (Å²) < 4.78 is 0. The van der Waals surface area contributed by atoms with E-state index >= 15 is 0 Å². The molecule has 1 amide bonds. The summed E-state index contributed by atoms with van der Waals surface area (Å²) in [5.74, 6) is 0.627. The SMILES string of the molecule is CC(C)N=Nc1cc2c(nn1)CC1CCCC2N1C(=O)c1ccccc1. The second kappa shape index (κ2) is 6.94. The van der Waals surface area contributed by atoms with Crippen LogP contribution in [0.3, 0.4) is 0 Å². The maximum Gasteiger partial charge on any atom is 0.254 e. The molecule has 1 aromatic carbocycles. The van der Waals surface area contributed by atoms with Crippen LogP contribution in [0.15, 0.2) is 46.6 Å². The largest absolute Gasteiger partial charge is 0.328 e. The van der Waals surface area contributed by atoms with E-state index in [-0.39, 0.29) is 24.0 Å². The third kappa shape index (κ3) is 3.11. The van der Waals surface area contributed by atoms with Crippen LogP contribution in [0.2, 0.25) is 0 Å². The van der Waals surface area contributed by atoms with Gasteiger partial charge in [-0.15, -0.1) is 10.2 Å². The van der Waals surface area contributed by atoms with Gasteiger partial charge in [-0.2, -0.15) is 10.2 Å². The molecule has 2 aromatic rings. The molecule has 1 saturated heterocycles. The number of aromatic nitrogens is 2. The number of azo groups is 1. The van der Waals surface area contributed by atoms with Gasteiger partial charge in [0, 0.05) is 23.6 Å². The number of carbonyl (C=O) groups excluding carboxylic acids is 1. The average Bonchev–Trinajstić information content (AvgIpc) is 2.66. The van der Waals surface area contributed by atoms with Crippen LogP contribution in [0.4, 0.5) is 5.82 Å². The summed E-state index contributed by atoms with van der Waals surface area (Å²) in [7, 11) is 0. The number of hydrogen-bond donors (Lipinski definition) is 0. The zero-order valence-corrected chi connectivity index (χ0v) is 15.2. The van der Waals surface area contributed by atoms with E-state index in [1.807, 2.05) is 50.2 Å². The highest BCUT2D eigenvalue weighted by molar-refractivity contribution is 5.95. The van der Waals surface area contributed by atoms with Crippen molar-refractivity contribution in [3.63, 3.8) is 0 Å². The maximum absolute atomic E-state index is 13.2. The van der Waals surface area contributed by atoms with Gasteiger partial charge in [0.05, 0.1) is 17.8 Å². The highest BCUT2D eigenvalue weighted by Gasteiger charge is 2.41. The zero-order chi connectivity index (χ0) is 18.1. The minimum atomic E-state index is 0.0497. The molecule has 0 spiro atoms. The van der Waals surface area contributed by atoms with Crippen LogP contribution in [0, 0.1) is 0 Å². The maximum atomic E-state index is 13.2. The summed E-state index contributed by atoms with van der Waals surface area (Å²) in [4.78, 5) is 15.2. The van der Waals surface area contributed by atoms with Crippen LogP contribution < -0.4 is 0 Å². The lowest BCUT2D eigenvalue weighted by Gasteiger charge is -2.46. The van der Waals surface area contributed by atoms with E-state index in [1.165, 1.54) is 0 Å². The summed E-state index contributed by atoms with van der Waals surface area (Å²) in [5.41, 5.74) is 2.83. The molecule has 0 N–H and O–H groups in total. The van der Waals surface area contributed by atoms with Gasteiger partial charge in [0.1, 0.15) is 0 Å². The average molecular weight is 349 g/mol. The van der Waals surface area contributed by atoms with Crippen molar-refractivity contribution in [3.8, 4) is 0 Å². The molecular weight excluding hydrogens is 326 g/mol. The first-order valence-corrected chi connectivity index (χ1v) is 9.28. The Kier molecular flexibility index (Phi) is 4.49. The van der Waals surface area contributed by atoms with Gasteiger partial charge < -0.3 is 4.90 Å². The number of piperidine rings is 1. The molecule has 2 atom stereocenters. The van der Waals surface area contributed by atoms with Crippen LogP contribution in [-0.4, -0.2) is 33.1 Å². The first kappa shape index (κ1) is 16.8. The topological polar surface area (TPSA) is 70.8 Å². The fourth-order valence-electron chi connectivity index (χ4n) is 3.94. The van der Waals surface area contributed by atoms with Gasteiger partial charge in [0.25, 0.3) is 5.91 Å². The molecule has 0 aliphatic carbocycles. The molecule has 0 radical (unpaired) electrons. The van der Waals surface area contributed by atoms with Crippen LogP contribution in [-0.2, 0) is 6.42 Å². The fourth-order valence-corrected chi connectivity index (χ4v) is 3.94. The van der Waals surface area contributed by atoms with E-state index in [2.05, 4.69) is 25.3 Å². The number of rotatable bonds is 3. The Morgan fingerprint density at radius 2 is 2.00 bits per heavy atom. The molecule has 4 rings (SSSR count). The Morgan fingerprint density at radius 1 is 1.19 bits per heavy atom. The summed E-state index contributed by atoms with van der Waals surface area (Å²) in [6.45, 7) is 3.95. The summed E-state index contributed by atoms with van der Waals surface area (Å²) >= 11 is 0. The third-order valence-electron chi connectivity index (χ3n) is 5.07.